The number of amides is 2. The maximum absolute atomic E-state index is 12.3. The first kappa shape index (κ1) is 20.2. The van der Waals surface area contributed by atoms with Crippen LogP contribution in [0.25, 0.3) is 0 Å². The van der Waals surface area contributed by atoms with Gasteiger partial charge in [0.25, 0.3) is 0 Å². The number of carbonyl (C=O) groups excluding carboxylic acids is 2. The lowest BCUT2D eigenvalue weighted by atomic mass is 10.1. The third kappa shape index (κ3) is 4.28. The van der Waals surface area contributed by atoms with Crippen molar-refractivity contribution in [3.63, 3.8) is 0 Å². The second-order valence-electron chi connectivity index (χ2n) is 6.61. The van der Waals surface area contributed by atoms with Gasteiger partial charge in [-0.25, -0.2) is 8.42 Å². The Labute approximate surface area is 168 Å². The van der Waals surface area contributed by atoms with Crippen molar-refractivity contribution in [2.75, 3.05) is 27.2 Å². The second-order valence-corrected chi connectivity index (χ2v) is 9.06. The highest BCUT2D eigenvalue weighted by Crippen LogP contribution is 2.28. The minimum absolute atomic E-state index is 0.101. The number of hydrogen-bond donors (Lipinski definition) is 2. The summed E-state index contributed by atoms with van der Waals surface area (Å²) in [4.78, 5) is 24.6. The fourth-order valence-electron chi connectivity index (χ4n) is 2.92. The van der Waals surface area contributed by atoms with Crippen LogP contribution >= 0.6 is 11.6 Å². The summed E-state index contributed by atoms with van der Waals surface area (Å²) < 4.78 is 25.5. The van der Waals surface area contributed by atoms with Gasteiger partial charge in [0.2, 0.25) is 10.0 Å². The van der Waals surface area contributed by atoms with Crippen molar-refractivity contribution in [3.05, 3.63) is 52.5 Å². The third-order valence-electron chi connectivity index (χ3n) is 4.51. The van der Waals surface area contributed by atoms with E-state index in [1.165, 1.54) is 4.31 Å². The van der Waals surface area contributed by atoms with Gasteiger partial charge in [0.15, 0.2) is 0 Å². The molecule has 0 saturated carbocycles. The van der Waals surface area contributed by atoms with Gasteiger partial charge in [0, 0.05) is 22.9 Å². The Balaban J connectivity index is 1.77. The number of rotatable bonds is 3. The minimum Gasteiger partial charge on any atom is -0.317 e. The summed E-state index contributed by atoms with van der Waals surface area (Å²) in [5.74, 6) is -1.60. The number of carbonyl (C=O) groups is 2. The molecule has 2 N–H and O–H groups in total. The van der Waals surface area contributed by atoms with Gasteiger partial charge >= 0.3 is 11.8 Å². The van der Waals surface area contributed by atoms with Crippen LogP contribution in [0, 0.1) is 13.8 Å². The van der Waals surface area contributed by atoms with Gasteiger partial charge in [-0.3, -0.25) is 13.9 Å². The van der Waals surface area contributed by atoms with Gasteiger partial charge in [-0.2, -0.15) is 0 Å². The van der Waals surface area contributed by atoms with Gasteiger partial charge in [-0.1, -0.05) is 23.7 Å². The molecular weight excluding hydrogens is 402 g/mol. The number of hydrogen-bond acceptors (Lipinski definition) is 4. The molecule has 0 aliphatic carbocycles. The van der Waals surface area contributed by atoms with Crippen molar-refractivity contribution < 1.29 is 18.0 Å². The Hall–Kier alpha value is -2.58. The van der Waals surface area contributed by atoms with Gasteiger partial charge < -0.3 is 10.6 Å². The first-order valence-electron chi connectivity index (χ1n) is 8.67. The topological polar surface area (TPSA) is 95.6 Å². The van der Waals surface area contributed by atoms with E-state index in [0.717, 1.165) is 5.56 Å². The predicted molar refractivity (Wildman–Crippen MR) is 110 cm³/mol. The molecule has 1 aliphatic rings. The molecule has 2 aromatic rings. The molecule has 0 unspecified atom stereocenters. The van der Waals surface area contributed by atoms with E-state index in [2.05, 4.69) is 10.6 Å². The molecule has 3 rings (SSSR count). The number of sulfonamides is 1. The zero-order valence-electron chi connectivity index (χ0n) is 15.5. The van der Waals surface area contributed by atoms with Crippen LogP contribution in [0.5, 0.6) is 0 Å². The van der Waals surface area contributed by atoms with E-state index in [0.29, 0.717) is 40.6 Å². The van der Waals surface area contributed by atoms with Crippen LogP contribution in [-0.4, -0.2) is 32.5 Å². The summed E-state index contributed by atoms with van der Waals surface area (Å²) in [5.41, 5.74) is 2.76. The Morgan fingerprint density at radius 3 is 2.11 bits per heavy atom. The van der Waals surface area contributed by atoms with Crippen LogP contribution in [0.4, 0.5) is 17.1 Å². The molecule has 0 aromatic heterocycles. The summed E-state index contributed by atoms with van der Waals surface area (Å²) in [6.45, 7) is 3.94. The molecule has 0 bridgehead atoms. The molecule has 1 saturated heterocycles. The van der Waals surface area contributed by atoms with E-state index in [4.69, 9.17) is 11.6 Å². The lowest BCUT2D eigenvalue weighted by Crippen LogP contribution is -2.30. The average molecular weight is 422 g/mol. The highest BCUT2D eigenvalue weighted by atomic mass is 35.5. The highest BCUT2D eigenvalue weighted by Gasteiger charge is 2.29. The Morgan fingerprint density at radius 2 is 1.54 bits per heavy atom. The van der Waals surface area contributed by atoms with Crippen molar-refractivity contribution in [2.45, 2.75) is 20.3 Å². The molecule has 9 heteroatoms. The molecule has 0 spiro atoms. The number of aryl methyl sites for hydroxylation is 2. The van der Waals surface area contributed by atoms with Crippen molar-refractivity contribution in [3.8, 4) is 0 Å². The quantitative estimate of drug-likeness (QED) is 0.744. The Bertz CT molecular complexity index is 1050. The first-order valence-corrected chi connectivity index (χ1v) is 10.7. The van der Waals surface area contributed by atoms with E-state index in [1.54, 1.807) is 50.2 Å². The average Bonchev–Trinajstić information content (AvgIpc) is 2.99. The van der Waals surface area contributed by atoms with Crippen molar-refractivity contribution in [2.24, 2.45) is 0 Å². The van der Waals surface area contributed by atoms with Crippen LogP contribution in [-0.2, 0) is 19.6 Å². The van der Waals surface area contributed by atoms with Gasteiger partial charge in [-0.15, -0.1) is 0 Å². The molecule has 7 nitrogen and oxygen atoms in total. The van der Waals surface area contributed by atoms with Crippen LogP contribution < -0.4 is 14.9 Å². The van der Waals surface area contributed by atoms with Gasteiger partial charge in [0.05, 0.1) is 11.4 Å². The number of nitrogens with zero attached hydrogens (tertiary/aromatic N) is 1. The van der Waals surface area contributed by atoms with Crippen molar-refractivity contribution >= 4 is 50.5 Å². The third-order valence-corrected chi connectivity index (χ3v) is 6.62. The van der Waals surface area contributed by atoms with Gasteiger partial charge in [0.1, 0.15) is 0 Å². The summed E-state index contributed by atoms with van der Waals surface area (Å²) in [7, 11) is -3.34. The SMILES string of the molecule is Cc1ccc(Cl)cc1NC(=O)C(=O)Nc1cc(N2CCCS2(=O)=O)ccc1C. The van der Waals surface area contributed by atoms with Crippen molar-refractivity contribution in [1.82, 2.24) is 0 Å². The number of halogens is 1. The van der Waals surface area contributed by atoms with E-state index < -0.39 is 21.8 Å². The molecule has 1 aliphatic heterocycles. The zero-order chi connectivity index (χ0) is 20.5. The van der Waals surface area contributed by atoms with Crippen LogP contribution in [0.15, 0.2) is 36.4 Å². The zero-order valence-corrected chi connectivity index (χ0v) is 17.0. The molecule has 0 atom stereocenters. The number of anilines is 3. The van der Waals surface area contributed by atoms with E-state index in [-0.39, 0.29) is 5.75 Å². The Morgan fingerprint density at radius 1 is 0.964 bits per heavy atom. The lowest BCUT2D eigenvalue weighted by molar-refractivity contribution is -0.133. The minimum atomic E-state index is -3.34. The lowest BCUT2D eigenvalue weighted by Gasteiger charge is -2.19. The van der Waals surface area contributed by atoms with Crippen molar-refractivity contribution in [1.29, 1.82) is 0 Å². The van der Waals surface area contributed by atoms with E-state index in [1.807, 2.05) is 0 Å². The molecule has 0 radical (unpaired) electrons. The van der Waals surface area contributed by atoms with E-state index in [9.17, 15) is 18.0 Å². The first-order chi connectivity index (χ1) is 13.2. The summed E-state index contributed by atoms with van der Waals surface area (Å²) in [6, 6.07) is 9.94. The van der Waals surface area contributed by atoms with Crippen LogP contribution in [0.3, 0.4) is 0 Å². The molecule has 148 valence electrons. The largest absolute Gasteiger partial charge is 0.317 e. The fraction of sp³-hybridized carbons (Fsp3) is 0.263. The van der Waals surface area contributed by atoms with Gasteiger partial charge in [-0.05, 0) is 55.7 Å². The number of nitrogens with one attached hydrogen (secondary N) is 2. The maximum atomic E-state index is 12.3. The standard InChI is InChI=1S/C19H20ClN3O4S/c1-12-4-6-14(20)10-16(12)21-18(24)19(25)22-17-11-15(7-5-13(17)2)23-8-3-9-28(23,26)27/h4-7,10-11H,3,8-9H2,1-2H3,(H,21,24)(H,22,25). The second kappa shape index (κ2) is 7.81. The predicted octanol–water partition coefficient (Wildman–Crippen LogP) is 3.07. The van der Waals surface area contributed by atoms with Crippen LogP contribution in [0.1, 0.15) is 17.5 Å². The molecule has 2 aromatic carbocycles. The Kier molecular flexibility index (Phi) is 5.62. The summed E-state index contributed by atoms with van der Waals surface area (Å²) >= 11 is 5.93. The molecular formula is C19H20ClN3O4S. The van der Waals surface area contributed by atoms with E-state index >= 15 is 0 Å². The fourth-order valence-corrected chi connectivity index (χ4v) is 4.64. The normalized spacial score (nSPS) is 15.3. The van der Waals surface area contributed by atoms with Crippen LogP contribution in [0.2, 0.25) is 5.02 Å². The maximum Gasteiger partial charge on any atom is 0.314 e. The monoisotopic (exact) mass is 421 g/mol. The smallest absolute Gasteiger partial charge is 0.314 e. The molecule has 28 heavy (non-hydrogen) atoms. The molecule has 1 heterocycles. The summed E-state index contributed by atoms with van der Waals surface area (Å²) in [6.07, 6.45) is 0.555. The molecule has 2 amide bonds. The highest BCUT2D eigenvalue weighted by molar-refractivity contribution is 7.93. The number of benzene rings is 2. The summed E-state index contributed by atoms with van der Waals surface area (Å²) in [5, 5.41) is 5.52. The molecule has 1 fully saturated rings.